The molecule has 3 heterocycles. The molecule has 3 rings (SSSR count). The van der Waals surface area contributed by atoms with Crippen molar-refractivity contribution >= 4 is 16.3 Å². The third kappa shape index (κ3) is 1.87. The Morgan fingerprint density at radius 2 is 2.24 bits per heavy atom. The minimum Gasteiger partial charge on any atom is -0.297 e. The van der Waals surface area contributed by atoms with Crippen LogP contribution in [-0.2, 0) is 19.4 Å². The summed E-state index contributed by atoms with van der Waals surface area (Å²) in [5.74, 6) is 0. The fourth-order valence-corrected chi connectivity index (χ4v) is 3.31. The van der Waals surface area contributed by atoms with E-state index in [0.717, 1.165) is 30.9 Å². The molecule has 0 amide bonds. The second-order valence-corrected chi connectivity index (χ2v) is 5.62. The van der Waals surface area contributed by atoms with Gasteiger partial charge in [0.1, 0.15) is 5.01 Å². The van der Waals surface area contributed by atoms with Crippen molar-refractivity contribution in [2.75, 3.05) is 13.1 Å². The fraction of sp³-hybridized carbons (Fsp3) is 0.667. The predicted octanol–water partition coefficient (Wildman–Crippen LogP) is 2.12. The monoisotopic (exact) mass is 250 g/mol. The zero-order valence-electron chi connectivity index (χ0n) is 10.4. The van der Waals surface area contributed by atoms with E-state index in [2.05, 4.69) is 28.4 Å². The molecule has 0 unspecified atom stereocenters. The Labute approximate surface area is 105 Å². The van der Waals surface area contributed by atoms with Gasteiger partial charge in [-0.05, 0) is 19.4 Å². The van der Waals surface area contributed by atoms with Gasteiger partial charge in [0.25, 0.3) is 0 Å². The molecule has 0 spiro atoms. The van der Waals surface area contributed by atoms with E-state index in [4.69, 9.17) is 4.98 Å². The van der Waals surface area contributed by atoms with Crippen molar-refractivity contribution in [2.45, 2.75) is 39.7 Å². The third-order valence-electron chi connectivity index (χ3n) is 3.30. The molecule has 92 valence electrons. The SMILES string of the molecule is CCCN1CCc2nc3sc(CC)nn3c2C1. The van der Waals surface area contributed by atoms with Crippen molar-refractivity contribution in [2.24, 2.45) is 0 Å². The van der Waals surface area contributed by atoms with Crippen LogP contribution in [0.25, 0.3) is 4.96 Å². The average Bonchev–Trinajstić information content (AvgIpc) is 2.86. The Balaban J connectivity index is 1.97. The average molecular weight is 250 g/mol. The molecule has 1 aliphatic rings. The second-order valence-electron chi connectivity index (χ2n) is 4.58. The summed E-state index contributed by atoms with van der Waals surface area (Å²) in [5, 5.41) is 5.83. The first-order valence-electron chi connectivity index (χ1n) is 6.40. The van der Waals surface area contributed by atoms with E-state index < -0.39 is 0 Å². The highest BCUT2D eigenvalue weighted by molar-refractivity contribution is 7.16. The number of aromatic nitrogens is 3. The molecule has 0 fully saturated rings. The van der Waals surface area contributed by atoms with Crippen LogP contribution in [0.5, 0.6) is 0 Å². The molecule has 0 saturated carbocycles. The van der Waals surface area contributed by atoms with Gasteiger partial charge in [-0.2, -0.15) is 5.10 Å². The summed E-state index contributed by atoms with van der Waals surface area (Å²) < 4.78 is 2.07. The molecule has 4 nitrogen and oxygen atoms in total. The number of hydrogen-bond donors (Lipinski definition) is 0. The van der Waals surface area contributed by atoms with Crippen molar-refractivity contribution in [1.29, 1.82) is 0 Å². The van der Waals surface area contributed by atoms with Crippen molar-refractivity contribution in [3.05, 3.63) is 16.4 Å². The molecule has 2 aromatic rings. The van der Waals surface area contributed by atoms with Crippen molar-refractivity contribution < 1.29 is 0 Å². The summed E-state index contributed by atoms with van der Waals surface area (Å²) >= 11 is 1.73. The van der Waals surface area contributed by atoms with Crippen molar-refractivity contribution in [1.82, 2.24) is 19.5 Å². The Morgan fingerprint density at radius 1 is 1.35 bits per heavy atom. The van der Waals surface area contributed by atoms with Crippen LogP contribution in [0.1, 0.15) is 36.7 Å². The van der Waals surface area contributed by atoms with Gasteiger partial charge in [0, 0.05) is 19.5 Å². The standard InChI is InChI=1S/C12H18N4S/c1-3-6-15-7-5-9-10(8-15)16-12(13-9)17-11(4-2)14-16/h3-8H2,1-2H3. The smallest absolute Gasteiger partial charge is 0.212 e. The largest absolute Gasteiger partial charge is 0.297 e. The lowest BCUT2D eigenvalue weighted by molar-refractivity contribution is 0.248. The van der Waals surface area contributed by atoms with Gasteiger partial charge in [0.2, 0.25) is 4.96 Å². The maximum atomic E-state index is 4.71. The normalized spacial score (nSPS) is 16.6. The molecule has 5 heteroatoms. The summed E-state index contributed by atoms with van der Waals surface area (Å²) in [4.78, 5) is 8.28. The van der Waals surface area contributed by atoms with E-state index in [1.54, 1.807) is 11.3 Å². The summed E-state index contributed by atoms with van der Waals surface area (Å²) in [5.41, 5.74) is 2.58. The van der Waals surface area contributed by atoms with Gasteiger partial charge in [-0.1, -0.05) is 25.2 Å². The first-order chi connectivity index (χ1) is 8.31. The van der Waals surface area contributed by atoms with Crippen molar-refractivity contribution in [3.63, 3.8) is 0 Å². The van der Waals surface area contributed by atoms with Crippen LogP contribution in [0.3, 0.4) is 0 Å². The maximum absolute atomic E-state index is 4.71. The van der Waals surface area contributed by atoms with Crippen LogP contribution in [0.2, 0.25) is 0 Å². The highest BCUT2D eigenvalue weighted by Gasteiger charge is 2.22. The first-order valence-corrected chi connectivity index (χ1v) is 7.22. The molecule has 0 aromatic carbocycles. The Kier molecular flexibility index (Phi) is 2.88. The van der Waals surface area contributed by atoms with Gasteiger partial charge >= 0.3 is 0 Å². The Hall–Kier alpha value is -0.940. The Morgan fingerprint density at radius 3 is 3.00 bits per heavy atom. The number of imidazole rings is 1. The van der Waals surface area contributed by atoms with Gasteiger partial charge in [-0.25, -0.2) is 9.50 Å². The van der Waals surface area contributed by atoms with Gasteiger partial charge in [-0.3, -0.25) is 4.90 Å². The van der Waals surface area contributed by atoms with E-state index >= 15 is 0 Å². The van der Waals surface area contributed by atoms with E-state index in [9.17, 15) is 0 Å². The van der Waals surface area contributed by atoms with Crippen LogP contribution in [0, 0.1) is 0 Å². The summed E-state index contributed by atoms with van der Waals surface area (Å²) in [6.45, 7) is 7.72. The zero-order valence-corrected chi connectivity index (χ0v) is 11.3. The molecule has 0 saturated heterocycles. The Bertz CT molecular complexity index is 528. The summed E-state index contributed by atoms with van der Waals surface area (Å²) in [6, 6.07) is 0. The summed E-state index contributed by atoms with van der Waals surface area (Å²) in [7, 11) is 0. The molecule has 0 bridgehead atoms. The number of fused-ring (bicyclic) bond motifs is 3. The molecule has 0 aliphatic carbocycles. The molecule has 0 radical (unpaired) electrons. The van der Waals surface area contributed by atoms with Gasteiger partial charge in [-0.15, -0.1) is 0 Å². The molecule has 0 atom stereocenters. The van der Waals surface area contributed by atoms with E-state index in [1.807, 2.05) is 0 Å². The summed E-state index contributed by atoms with van der Waals surface area (Å²) in [6.07, 6.45) is 3.29. The van der Waals surface area contributed by atoms with E-state index in [1.165, 1.54) is 29.4 Å². The highest BCUT2D eigenvalue weighted by atomic mass is 32.1. The number of hydrogen-bond acceptors (Lipinski definition) is 4. The second kappa shape index (κ2) is 4.38. The lowest BCUT2D eigenvalue weighted by Crippen LogP contribution is -2.31. The quantitative estimate of drug-likeness (QED) is 0.836. The van der Waals surface area contributed by atoms with Gasteiger partial charge < -0.3 is 0 Å². The predicted molar refractivity (Wildman–Crippen MR) is 69.5 cm³/mol. The van der Waals surface area contributed by atoms with Gasteiger partial charge in [0.05, 0.1) is 11.4 Å². The minimum atomic E-state index is 1.00. The van der Waals surface area contributed by atoms with Crippen LogP contribution in [0.15, 0.2) is 0 Å². The molecule has 17 heavy (non-hydrogen) atoms. The number of rotatable bonds is 3. The van der Waals surface area contributed by atoms with Crippen LogP contribution in [-0.4, -0.2) is 32.6 Å². The molecule has 0 N–H and O–H groups in total. The molecular formula is C12H18N4S. The van der Waals surface area contributed by atoms with E-state index in [0.29, 0.717) is 0 Å². The first kappa shape index (κ1) is 11.2. The highest BCUT2D eigenvalue weighted by Crippen LogP contribution is 2.23. The molecule has 2 aromatic heterocycles. The lowest BCUT2D eigenvalue weighted by Gasteiger charge is -2.25. The number of aryl methyl sites for hydroxylation is 1. The minimum absolute atomic E-state index is 1.00. The number of nitrogens with zero attached hydrogens (tertiary/aromatic N) is 4. The van der Waals surface area contributed by atoms with E-state index in [-0.39, 0.29) is 0 Å². The third-order valence-corrected chi connectivity index (χ3v) is 4.35. The van der Waals surface area contributed by atoms with Crippen LogP contribution >= 0.6 is 11.3 Å². The zero-order chi connectivity index (χ0) is 11.8. The van der Waals surface area contributed by atoms with Crippen molar-refractivity contribution in [3.8, 4) is 0 Å². The lowest BCUT2D eigenvalue weighted by atomic mass is 10.1. The van der Waals surface area contributed by atoms with Crippen LogP contribution in [0.4, 0.5) is 0 Å². The van der Waals surface area contributed by atoms with Crippen LogP contribution < -0.4 is 0 Å². The van der Waals surface area contributed by atoms with Gasteiger partial charge in [0.15, 0.2) is 0 Å². The molecule has 1 aliphatic heterocycles. The topological polar surface area (TPSA) is 33.4 Å². The maximum Gasteiger partial charge on any atom is 0.212 e. The fourth-order valence-electron chi connectivity index (χ4n) is 2.43. The molecular weight excluding hydrogens is 232 g/mol.